The highest BCUT2D eigenvalue weighted by Gasteiger charge is 2.48. The Labute approximate surface area is 218 Å². The van der Waals surface area contributed by atoms with Crippen molar-refractivity contribution >= 4 is 11.6 Å². The number of benzene rings is 1. The summed E-state index contributed by atoms with van der Waals surface area (Å²) in [5, 5.41) is 15.0. The van der Waals surface area contributed by atoms with Crippen LogP contribution in [-0.2, 0) is 25.6 Å². The van der Waals surface area contributed by atoms with Gasteiger partial charge in [0, 0.05) is 32.0 Å². The summed E-state index contributed by atoms with van der Waals surface area (Å²) in [7, 11) is 1.97. The molecule has 0 unspecified atom stereocenters. The average molecular weight is 503 g/mol. The molecule has 0 radical (unpaired) electrons. The lowest BCUT2D eigenvalue weighted by Crippen LogP contribution is -2.43. The lowest BCUT2D eigenvalue weighted by molar-refractivity contribution is 0.102. The highest BCUT2D eigenvalue weighted by Crippen LogP contribution is 2.51. The molecule has 196 valence electrons. The number of hydrogen-bond acceptors (Lipinski definition) is 5. The van der Waals surface area contributed by atoms with Crippen LogP contribution in [0.3, 0.4) is 0 Å². The van der Waals surface area contributed by atoms with Crippen molar-refractivity contribution in [2.45, 2.75) is 65.0 Å². The van der Waals surface area contributed by atoms with E-state index < -0.39 is 0 Å². The van der Waals surface area contributed by atoms with E-state index in [1.807, 2.05) is 36.0 Å². The maximum absolute atomic E-state index is 13.4. The van der Waals surface area contributed by atoms with E-state index in [9.17, 15) is 9.59 Å². The number of aryl methyl sites for hydroxylation is 1. The third kappa shape index (κ3) is 5.39. The van der Waals surface area contributed by atoms with Crippen LogP contribution in [0.5, 0.6) is 0 Å². The lowest BCUT2D eigenvalue weighted by atomic mass is 9.58. The van der Waals surface area contributed by atoms with Crippen LogP contribution in [0.15, 0.2) is 47.7 Å². The van der Waals surface area contributed by atoms with Crippen LogP contribution >= 0.6 is 0 Å². The second-order valence-corrected chi connectivity index (χ2v) is 11.6. The van der Waals surface area contributed by atoms with E-state index >= 15 is 0 Å². The minimum Gasteiger partial charge on any atom is -0.322 e. The summed E-state index contributed by atoms with van der Waals surface area (Å²) in [6.45, 7) is 8.74. The molecule has 2 aliphatic carbocycles. The summed E-state index contributed by atoms with van der Waals surface area (Å²) >= 11 is 0. The van der Waals surface area contributed by atoms with Crippen molar-refractivity contribution in [1.82, 2.24) is 24.6 Å². The van der Waals surface area contributed by atoms with E-state index in [-0.39, 0.29) is 22.4 Å². The molecule has 8 heteroatoms. The largest absolute Gasteiger partial charge is 0.322 e. The van der Waals surface area contributed by atoms with Gasteiger partial charge in [0.1, 0.15) is 17.7 Å². The molecular formula is C29H38N6O2. The number of anilines is 1. The molecule has 8 nitrogen and oxygen atoms in total. The number of nitrogens with one attached hydrogen (secondary N) is 2. The summed E-state index contributed by atoms with van der Waals surface area (Å²) in [6.07, 6.45) is 7.89. The molecule has 1 aromatic carbocycles. The molecule has 2 heterocycles. The lowest BCUT2D eigenvalue weighted by Gasteiger charge is -2.46. The van der Waals surface area contributed by atoms with Gasteiger partial charge in [-0.1, -0.05) is 32.9 Å². The molecule has 5 rings (SSSR count). The first-order valence-corrected chi connectivity index (χ1v) is 13.5. The molecule has 0 spiro atoms. The van der Waals surface area contributed by atoms with Gasteiger partial charge in [-0.25, -0.2) is 0 Å². The number of nitrogens with zero attached hydrogens (tertiary/aromatic N) is 4. The van der Waals surface area contributed by atoms with Crippen molar-refractivity contribution in [1.29, 1.82) is 0 Å². The molecule has 3 aromatic rings. The third-order valence-corrected chi connectivity index (χ3v) is 7.63. The Kier molecular flexibility index (Phi) is 7.03. The Morgan fingerprint density at radius 2 is 2.00 bits per heavy atom. The van der Waals surface area contributed by atoms with Gasteiger partial charge in [-0.05, 0) is 79.3 Å². The predicted molar refractivity (Wildman–Crippen MR) is 145 cm³/mol. The second kappa shape index (κ2) is 10.2. The van der Waals surface area contributed by atoms with Gasteiger partial charge < -0.3 is 19.8 Å². The molecular weight excluding hydrogens is 464 g/mol. The fourth-order valence-corrected chi connectivity index (χ4v) is 5.66. The van der Waals surface area contributed by atoms with E-state index in [1.165, 1.54) is 0 Å². The van der Waals surface area contributed by atoms with Crippen LogP contribution in [0, 0.1) is 17.8 Å². The number of amides is 1. The Morgan fingerprint density at radius 1 is 1.22 bits per heavy atom. The predicted octanol–water partition coefficient (Wildman–Crippen LogP) is 4.10. The van der Waals surface area contributed by atoms with Gasteiger partial charge in [0.25, 0.3) is 11.5 Å². The molecule has 2 aromatic heterocycles. The number of rotatable bonds is 10. The monoisotopic (exact) mass is 502 g/mol. The molecule has 0 bridgehead atoms. The number of pyridine rings is 1. The summed E-state index contributed by atoms with van der Waals surface area (Å²) in [6, 6.07) is 9.70. The fourth-order valence-electron chi connectivity index (χ4n) is 5.66. The Hall–Kier alpha value is -3.26. The topological polar surface area (TPSA) is 93.8 Å². The second-order valence-electron chi connectivity index (χ2n) is 11.6. The van der Waals surface area contributed by atoms with E-state index in [2.05, 4.69) is 47.7 Å². The van der Waals surface area contributed by atoms with Gasteiger partial charge in [0.05, 0.1) is 5.41 Å². The van der Waals surface area contributed by atoms with Crippen LogP contribution in [0.2, 0.25) is 0 Å². The minimum absolute atomic E-state index is 0.190. The first kappa shape index (κ1) is 25.4. The average Bonchev–Trinajstić information content (AvgIpc) is 3.55. The maximum atomic E-state index is 13.4. The molecule has 2 aliphatic rings. The normalized spacial score (nSPS) is 21.2. The van der Waals surface area contributed by atoms with Gasteiger partial charge in [0.2, 0.25) is 0 Å². The number of aromatic nitrogens is 4. The Balaban J connectivity index is 1.41. The van der Waals surface area contributed by atoms with Crippen molar-refractivity contribution in [3.05, 3.63) is 75.7 Å². The molecule has 37 heavy (non-hydrogen) atoms. The summed E-state index contributed by atoms with van der Waals surface area (Å²) in [5.41, 5.74) is 2.48. The number of carbonyl (C=O) groups is 1. The zero-order chi connectivity index (χ0) is 26.2. The molecule has 2 N–H and O–H groups in total. The van der Waals surface area contributed by atoms with Gasteiger partial charge in [-0.3, -0.25) is 9.59 Å². The van der Waals surface area contributed by atoms with E-state index in [0.717, 1.165) is 49.2 Å². The fraction of sp³-hybridized carbons (Fsp3) is 0.517. The van der Waals surface area contributed by atoms with Crippen molar-refractivity contribution in [3.63, 3.8) is 0 Å². The maximum Gasteiger partial charge on any atom is 0.263 e. The van der Waals surface area contributed by atoms with Gasteiger partial charge in [-0.15, -0.1) is 10.2 Å². The Bertz CT molecular complexity index is 1330. The van der Waals surface area contributed by atoms with E-state index in [1.54, 1.807) is 17.0 Å². The number of hydrogen-bond donors (Lipinski definition) is 2. The highest BCUT2D eigenvalue weighted by atomic mass is 16.2. The first-order valence-electron chi connectivity index (χ1n) is 13.5. The SMILES string of the molecule is CC(C)CNCc1cc(C(=O)Nc2cccc(C3(c4nncn4C)CC(C)C3)c2)c(=O)n(CC2CC2)c1. The van der Waals surface area contributed by atoms with Crippen molar-refractivity contribution in [2.75, 3.05) is 11.9 Å². The zero-order valence-corrected chi connectivity index (χ0v) is 22.3. The third-order valence-electron chi connectivity index (χ3n) is 7.63. The molecule has 1 amide bonds. The smallest absolute Gasteiger partial charge is 0.263 e. The van der Waals surface area contributed by atoms with Crippen LogP contribution < -0.4 is 16.2 Å². The standard InChI is InChI=1S/C29H38N6O2/c1-19(2)14-30-15-22-10-25(27(37)35(17-22)16-21-8-9-21)26(36)32-24-7-5-6-23(11-24)29(12-20(3)13-29)28-33-31-18-34(28)4/h5-7,10-11,17-21,30H,8-9,12-16H2,1-4H3,(H,32,36). The minimum atomic E-state index is -0.368. The van der Waals surface area contributed by atoms with Crippen molar-refractivity contribution < 1.29 is 4.79 Å². The quantitative estimate of drug-likeness (QED) is 0.435. The van der Waals surface area contributed by atoms with Gasteiger partial charge in [-0.2, -0.15) is 0 Å². The van der Waals surface area contributed by atoms with Crippen LogP contribution in [0.4, 0.5) is 5.69 Å². The molecule has 0 saturated heterocycles. The highest BCUT2D eigenvalue weighted by molar-refractivity contribution is 6.04. The summed E-state index contributed by atoms with van der Waals surface area (Å²) in [4.78, 5) is 26.7. The van der Waals surface area contributed by atoms with E-state index in [0.29, 0.717) is 36.5 Å². The van der Waals surface area contributed by atoms with Crippen molar-refractivity contribution in [2.24, 2.45) is 24.8 Å². The molecule has 0 atom stereocenters. The first-order chi connectivity index (χ1) is 17.7. The van der Waals surface area contributed by atoms with Crippen LogP contribution in [0.1, 0.15) is 73.8 Å². The van der Waals surface area contributed by atoms with Crippen LogP contribution in [0.25, 0.3) is 0 Å². The molecule has 2 fully saturated rings. The van der Waals surface area contributed by atoms with Gasteiger partial charge in [0.15, 0.2) is 0 Å². The van der Waals surface area contributed by atoms with Crippen LogP contribution in [-0.4, -0.2) is 31.8 Å². The summed E-state index contributed by atoms with van der Waals surface area (Å²) in [5.74, 6) is 2.22. The Morgan fingerprint density at radius 3 is 2.65 bits per heavy atom. The van der Waals surface area contributed by atoms with Gasteiger partial charge >= 0.3 is 0 Å². The molecule has 2 saturated carbocycles. The summed E-state index contributed by atoms with van der Waals surface area (Å²) < 4.78 is 3.71. The van der Waals surface area contributed by atoms with E-state index in [4.69, 9.17) is 0 Å². The molecule has 0 aliphatic heterocycles. The zero-order valence-electron chi connectivity index (χ0n) is 22.3. The van der Waals surface area contributed by atoms with Crippen molar-refractivity contribution in [3.8, 4) is 0 Å². The number of carbonyl (C=O) groups excluding carboxylic acids is 1.